The standard InChI is InChI=1S/C15H13ClFNO/c1-10(11-4-8-14(17)9-5-11)18-15(19)12-2-6-13(16)7-3-12/h2-10H,1H3,(H,18,19)/t10-/m0/s1. The Morgan fingerprint density at radius 2 is 1.68 bits per heavy atom. The molecule has 2 aromatic rings. The molecule has 0 aliphatic carbocycles. The summed E-state index contributed by atoms with van der Waals surface area (Å²) in [4.78, 5) is 12.0. The molecule has 0 aliphatic rings. The quantitative estimate of drug-likeness (QED) is 0.904. The number of rotatable bonds is 3. The highest BCUT2D eigenvalue weighted by molar-refractivity contribution is 6.30. The Labute approximate surface area is 116 Å². The molecule has 2 aromatic carbocycles. The lowest BCUT2D eigenvalue weighted by Gasteiger charge is -2.14. The van der Waals surface area contributed by atoms with Crippen molar-refractivity contribution in [2.75, 3.05) is 0 Å². The zero-order valence-corrected chi connectivity index (χ0v) is 11.1. The number of amides is 1. The lowest BCUT2D eigenvalue weighted by Crippen LogP contribution is -2.26. The second-order valence-electron chi connectivity index (χ2n) is 4.25. The number of hydrogen-bond acceptors (Lipinski definition) is 1. The molecule has 0 fully saturated rings. The number of benzene rings is 2. The van der Waals surface area contributed by atoms with Gasteiger partial charge in [-0.25, -0.2) is 4.39 Å². The smallest absolute Gasteiger partial charge is 0.251 e. The third-order valence-corrected chi connectivity index (χ3v) is 3.08. The van der Waals surface area contributed by atoms with Crippen LogP contribution in [0, 0.1) is 5.82 Å². The zero-order chi connectivity index (χ0) is 13.8. The van der Waals surface area contributed by atoms with Crippen LogP contribution in [-0.2, 0) is 0 Å². The Morgan fingerprint density at radius 1 is 1.11 bits per heavy atom. The van der Waals surface area contributed by atoms with Crippen LogP contribution in [0.25, 0.3) is 0 Å². The second kappa shape index (κ2) is 5.85. The van der Waals surface area contributed by atoms with Crippen LogP contribution in [0.15, 0.2) is 48.5 Å². The molecule has 2 nitrogen and oxygen atoms in total. The van der Waals surface area contributed by atoms with Crippen LogP contribution in [0.5, 0.6) is 0 Å². The van der Waals surface area contributed by atoms with Crippen molar-refractivity contribution >= 4 is 17.5 Å². The number of nitrogens with one attached hydrogen (secondary N) is 1. The van der Waals surface area contributed by atoms with Gasteiger partial charge in [0.05, 0.1) is 6.04 Å². The van der Waals surface area contributed by atoms with Crippen molar-refractivity contribution in [3.63, 3.8) is 0 Å². The van der Waals surface area contributed by atoms with Crippen molar-refractivity contribution < 1.29 is 9.18 Å². The van der Waals surface area contributed by atoms with Crippen LogP contribution in [0.2, 0.25) is 5.02 Å². The highest BCUT2D eigenvalue weighted by atomic mass is 35.5. The fraction of sp³-hybridized carbons (Fsp3) is 0.133. The molecule has 0 bridgehead atoms. The summed E-state index contributed by atoms with van der Waals surface area (Å²) in [5.74, 6) is -0.478. The van der Waals surface area contributed by atoms with Crippen LogP contribution in [-0.4, -0.2) is 5.91 Å². The van der Waals surface area contributed by atoms with E-state index >= 15 is 0 Å². The summed E-state index contributed by atoms with van der Waals surface area (Å²) in [5, 5.41) is 3.43. The molecule has 0 saturated heterocycles. The van der Waals surface area contributed by atoms with Crippen molar-refractivity contribution in [2.24, 2.45) is 0 Å². The van der Waals surface area contributed by atoms with Crippen LogP contribution in [0.3, 0.4) is 0 Å². The predicted molar refractivity (Wildman–Crippen MR) is 73.7 cm³/mol. The molecule has 0 heterocycles. The maximum absolute atomic E-state index is 12.8. The van der Waals surface area contributed by atoms with Crippen molar-refractivity contribution in [1.29, 1.82) is 0 Å². The van der Waals surface area contributed by atoms with Gasteiger partial charge in [0.2, 0.25) is 0 Å². The summed E-state index contributed by atoms with van der Waals surface area (Å²) in [7, 11) is 0. The molecule has 0 spiro atoms. The topological polar surface area (TPSA) is 29.1 Å². The highest BCUT2D eigenvalue weighted by Gasteiger charge is 2.11. The molecule has 0 saturated carbocycles. The summed E-state index contributed by atoms with van der Waals surface area (Å²) < 4.78 is 12.8. The van der Waals surface area contributed by atoms with E-state index in [1.807, 2.05) is 6.92 Å². The first kappa shape index (κ1) is 13.6. The van der Waals surface area contributed by atoms with E-state index in [9.17, 15) is 9.18 Å². The van der Waals surface area contributed by atoms with Gasteiger partial charge in [-0.2, -0.15) is 0 Å². The van der Waals surface area contributed by atoms with E-state index in [4.69, 9.17) is 11.6 Å². The predicted octanol–water partition coefficient (Wildman–Crippen LogP) is 3.97. The van der Waals surface area contributed by atoms with Gasteiger partial charge in [0.15, 0.2) is 0 Å². The van der Waals surface area contributed by atoms with E-state index in [-0.39, 0.29) is 17.8 Å². The third kappa shape index (κ3) is 3.55. The van der Waals surface area contributed by atoms with E-state index in [0.717, 1.165) is 5.56 Å². The van der Waals surface area contributed by atoms with Gasteiger partial charge < -0.3 is 5.32 Å². The highest BCUT2D eigenvalue weighted by Crippen LogP contribution is 2.15. The van der Waals surface area contributed by atoms with Crippen LogP contribution in [0.1, 0.15) is 28.9 Å². The molecule has 2 rings (SSSR count). The Morgan fingerprint density at radius 3 is 2.26 bits per heavy atom. The zero-order valence-electron chi connectivity index (χ0n) is 10.4. The summed E-state index contributed by atoms with van der Waals surface area (Å²) in [6.45, 7) is 1.85. The molecule has 1 atom stereocenters. The molecular weight excluding hydrogens is 265 g/mol. The van der Waals surface area contributed by atoms with Gasteiger partial charge in [-0.15, -0.1) is 0 Å². The van der Waals surface area contributed by atoms with Crippen LogP contribution < -0.4 is 5.32 Å². The molecule has 1 N–H and O–H groups in total. The number of carbonyl (C=O) groups is 1. The summed E-state index contributed by atoms with van der Waals surface area (Å²) in [6, 6.07) is 12.5. The van der Waals surface area contributed by atoms with Crippen LogP contribution in [0.4, 0.5) is 4.39 Å². The summed E-state index contributed by atoms with van der Waals surface area (Å²) in [6.07, 6.45) is 0. The normalized spacial score (nSPS) is 11.9. The van der Waals surface area contributed by atoms with Crippen LogP contribution >= 0.6 is 11.6 Å². The maximum Gasteiger partial charge on any atom is 0.251 e. The maximum atomic E-state index is 12.8. The number of halogens is 2. The van der Waals surface area contributed by atoms with E-state index in [0.29, 0.717) is 10.6 Å². The SMILES string of the molecule is C[C@H](NC(=O)c1ccc(Cl)cc1)c1ccc(F)cc1. The average Bonchev–Trinajstić information content (AvgIpc) is 2.40. The monoisotopic (exact) mass is 277 g/mol. The van der Waals surface area contributed by atoms with Gasteiger partial charge >= 0.3 is 0 Å². The Balaban J connectivity index is 2.06. The van der Waals surface area contributed by atoms with Crippen molar-refractivity contribution in [1.82, 2.24) is 5.32 Å². The van der Waals surface area contributed by atoms with Gasteiger partial charge in [0.1, 0.15) is 5.82 Å². The van der Waals surface area contributed by atoms with Crippen molar-refractivity contribution in [2.45, 2.75) is 13.0 Å². The first-order valence-electron chi connectivity index (χ1n) is 5.88. The first-order valence-corrected chi connectivity index (χ1v) is 6.26. The Bertz CT molecular complexity index is 566. The van der Waals surface area contributed by atoms with Gasteiger partial charge in [-0.1, -0.05) is 23.7 Å². The van der Waals surface area contributed by atoms with Gasteiger partial charge in [-0.05, 0) is 48.9 Å². The fourth-order valence-electron chi connectivity index (χ4n) is 1.72. The molecule has 98 valence electrons. The lowest BCUT2D eigenvalue weighted by atomic mass is 10.1. The van der Waals surface area contributed by atoms with Crippen molar-refractivity contribution in [3.8, 4) is 0 Å². The largest absolute Gasteiger partial charge is 0.346 e. The molecule has 0 aliphatic heterocycles. The minimum absolute atomic E-state index is 0.187. The summed E-state index contributed by atoms with van der Waals surface area (Å²) >= 11 is 5.77. The van der Waals surface area contributed by atoms with Crippen molar-refractivity contribution in [3.05, 3.63) is 70.5 Å². The van der Waals surface area contributed by atoms with E-state index in [1.54, 1.807) is 36.4 Å². The molecular formula is C15H13ClFNO. The molecule has 0 radical (unpaired) electrons. The molecule has 4 heteroatoms. The minimum atomic E-state index is -0.292. The second-order valence-corrected chi connectivity index (χ2v) is 4.69. The Hall–Kier alpha value is -1.87. The Kier molecular flexibility index (Phi) is 4.17. The number of hydrogen-bond donors (Lipinski definition) is 1. The van der Waals surface area contributed by atoms with Gasteiger partial charge in [-0.3, -0.25) is 4.79 Å². The summed E-state index contributed by atoms with van der Waals surface area (Å²) in [5.41, 5.74) is 1.39. The van der Waals surface area contributed by atoms with Gasteiger partial charge in [0.25, 0.3) is 5.91 Å². The minimum Gasteiger partial charge on any atom is -0.346 e. The van der Waals surface area contributed by atoms with Gasteiger partial charge in [0, 0.05) is 10.6 Å². The number of carbonyl (C=O) groups excluding carboxylic acids is 1. The molecule has 1 amide bonds. The van der Waals surface area contributed by atoms with E-state index < -0.39 is 0 Å². The molecule has 0 aromatic heterocycles. The van der Waals surface area contributed by atoms with E-state index in [2.05, 4.69) is 5.32 Å². The molecule has 19 heavy (non-hydrogen) atoms. The average molecular weight is 278 g/mol. The van der Waals surface area contributed by atoms with E-state index in [1.165, 1.54) is 12.1 Å². The molecule has 0 unspecified atom stereocenters. The first-order chi connectivity index (χ1) is 9.06. The fourth-order valence-corrected chi connectivity index (χ4v) is 1.84. The third-order valence-electron chi connectivity index (χ3n) is 2.82. The lowest BCUT2D eigenvalue weighted by molar-refractivity contribution is 0.0940.